The average molecular weight is 274 g/mol. The Morgan fingerprint density at radius 1 is 1.00 bits per heavy atom. The van der Waals surface area contributed by atoms with Crippen molar-refractivity contribution in [1.82, 2.24) is 4.98 Å². The maximum Gasteiger partial charge on any atom is 0.573 e. The Kier molecular flexibility index (Phi) is 3.43. The quantitative estimate of drug-likeness (QED) is 0.761. The van der Waals surface area contributed by atoms with Crippen LogP contribution in [0, 0.1) is 0 Å². The lowest BCUT2D eigenvalue weighted by molar-refractivity contribution is -0.274. The van der Waals surface area contributed by atoms with Crippen LogP contribution in [0.25, 0.3) is 11.3 Å². The molecule has 1 aromatic carbocycles. The predicted octanol–water partition coefficient (Wildman–Crippen LogP) is 4.30. The number of ether oxygens (including phenoxy) is 1. The summed E-state index contributed by atoms with van der Waals surface area (Å²) >= 11 is 5.71. The highest BCUT2D eigenvalue weighted by molar-refractivity contribution is 6.29. The Hall–Kier alpha value is -1.75. The SMILES string of the molecule is FC(F)(F)Oc1ccccc1-c1cccc(Cl)n1. The molecular formula is C12H7ClF3NO. The van der Waals surface area contributed by atoms with Crippen LogP contribution < -0.4 is 4.74 Å². The molecule has 0 aliphatic carbocycles. The van der Waals surface area contributed by atoms with Gasteiger partial charge in [0.2, 0.25) is 0 Å². The van der Waals surface area contributed by atoms with Crippen LogP contribution in [0.3, 0.4) is 0 Å². The number of halogens is 4. The molecule has 0 fully saturated rings. The lowest BCUT2D eigenvalue weighted by Gasteiger charge is -2.12. The fraction of sp³-hybridized carbons (Fsp3) is 0.0833. The summed E-state index contributed by atoms with van der Waals surface area (Å²) < 4.78 is 40.7. The Morgan fingerprint density at radius 3 is 2.39 bits per heavy atom. The van der Waals surface area contributed by atoms with Crippen molar-refractivity contribution in [1.29, 1.82) is 0 Å². The molecule has 0 saturated heterocycles. The van der Waals surface area contributed by atoms with Gasteiger partial charge in [-0.15, -0.1) is 13.2 Å². The average Bonchev–Trinajstić information content (AvgIpc) is 2.27. The Bertz CT molecular complexity index is 557. The second kappa shape index (κ2) is 4.86. The van der Waals surface area contributed by atoms with E-state index in [0.717, 1.165) is 0 Å². The first-order valence-corrected chi connectivity index (χ1v) is 5.31. The highest BCUT2D eigenvalue weighted by Gasteiger charge is 2.32. The topological polar surface area (TPSA) is 22.1 Å². The number of hydrogen-bond donors (Lipinski definition) is 0. The van der Waals surface area contributed by atoms with E-state index in [1.807, 2.05) is 0 Å². The molecule has 2 rings (SSSR count). The van der Waals surface area contributed by atoms with Gasteiger partial charge < -0.3 is 4.74 Å². The minimum absolute atomic E-state index is 0.203. The van der Waals surface area contributed by atoms with Gasteiger partial charge in [0.05, 0.1) is 5.69 Å². The zero-order valence-electron chi connectivity index (χ0n) is 8.91. The first-order valence-electron chi connectivity index (χ1n) is 4.93. The summed E-state index contributed by atoms with van der Waals surface area (Å²) in [5.74, 6) is -0.306. The molecule has 0 amide bonds. The molecule has 1 aromatic heterocycles. The first kappa shape index (κ1) is 12.7. The summed E-state index contributed by atoms with van der Waals surface area (Å²) in [6, 6.07) is 10.5. The van der Waals surface area contributed by atoms with Crippen molar-refractivity contribution in [3.8, 4) is 17.0 Å². The number of nitrogens with zero attached hydrogens (tertiary/aromatic N) is 1. The molecule has 2 nitrogen and oxygen atoms in total. The lowest BCUT2D eigenvalue weighted by Crippen LogP contribution is -2.17. The van der Waals surface area contributed by atoms with E-state index in [0.29, 0.717) is 5.69 Å². The molecule has 0 saturated carbocycles. The fourth-order valence-corrected chi connectivity index (χ4v) is 1.61. The van der Waals surface area contributed by atoms with E-state index in [1.54, 1.807) is 18.2 Å². The van der Waals surface area contributed by atoms with Crippen LogP contribution in [0.4, 0.5) is 13.2 Å². The third-order valence-electron chi connectivity index (χ3n) is 2.10. The number of pyridine rings is 1. The van der Waals surface area contributed by atoms with E-state index in [9.17, 15) is 13.2 Å². The van der Waals surface area contributed by atoms with Crippen LogP contribution >= 0.6 is 11.6 Å². The summed E-state index contributed by atoms with van der Waals surface area (Å²) in [7, 11) is 0. The first-order chi connectivity index (χ1) is 8.46. The molecule has 0 unspecified atom stereocenters. The summed E-state index contributed by atoms with van der Waals surface area (Å²) in [6.07, 6.45) is -4.74. The van der Waals surface area contributed by atoms with Gasteiger partial charge >= 0.3 is 6.36 Å². The largest absolute Gasteiger partial charge is 0.573 e. The fourth-order valence-electron chi connectivity index (χ4n) is 1.45. The minimum Gasteiger partial charge on any atom is -0.405 e. The monoisotopic (exact) mass is 273 g/mol. The van der Waals surface area contributed by atoms with Crippen LogP contribution in [-0.4, -0.2) is 11.3 Å². The van der Waals surface area contributed by atoms with E-state index in [1.165, 1.54) is 24.3 Å². The third-order valence-corrected chi connectivity index (χ3v) is 2.31. The summed E-state index contributed by atoms with van der Waals surface area (Å²) in [6.45, 7) is 0. The van der Waals surface area contributed by atoms with Gasteiger partial charge in [-0.05, 0) is 24.3 Å². The minimum atomic E-state index is -4.74. The molecule has 94 valence electrons. The van der Waals surface area contributed by atoms with Gasteiger partial charge in [-0.3, -0.25) is 0 Å². The Labute approximate surface area is 106 Å². The molecule has 0 N–H and O–H groups in total. The maximum absolute atomic E-state index is 12.2. The van der Waals surface area contributed by atoms with Crippen molar-refractivity contribution in [3.63, 3.8) is 0 Å². The Balaban J connectivity index is 2.45. The lowest BCUT2D eigenvalue weighted by atomic mass is 10.1. The van der Waals surface area contributed by atoms with Gasteiger partial charge in [0.1, 0.15) is 10.9 Å². The van der Waals surface area contributed by atoms with Gasteiger partial charge in [0.15, 0.2) is 0 Å². The van der Waals surface area contributed by atoms with Crippen molar-refractivity contribution in [3.05, 3.63) is 47.6 Å². The van der Waals surface area contributed by atoms with Crippen molar-refractivity contribution >= 4 is 11.6 Å². The Morgan fingerprint density at radius 2 is 1.72 bits per heavy atom. The van der Waals surface area contributed by atoms with E-state index in [-0.39, 0.29) is 16.5 Å². The van der Waals surface area contributed by atoms with Crippen molar-refractivity contribution in [2.45, 2.75) is 6.36 Å². The molecule has 0 bridgehead atoms. The highest BCUT2D eigenvalue weighted by atomic mass is 35.5. The van der Waals surface area contributed by atoms with Gasteiger partial charge in [-0.1, -0.05) is 29.8 Å². The van der Waals surface area contributed by atoms with Crippen LogP contribution in [0.2, 0.25) is 5.15 Å². The molecule has 0 radical (unpaired) electrons. The molecule has 0 atom stereocenters. The molecule has 6 heteroatoms. The van der Waals surface area contributed by atoms with Crippen LogP contribution in [0.15, 0.2) is 42.5 Å². The highest BCUT2D eigenvalue weighted by Crippen LogP contribution is 2.32. The molecule has 0 aliphatic rings. The second-order valence-corrected chi connectivity index (χ2v) is 3.78. The molecule has 18 heavy (non-hydrogen) atoms. The summed E-state index contributed by atoms with van der Waals surface area (Å²) in [5.41, 5.74) is 0.555. The van der Waals surface area contributed by atoms with Crippen LogP contribution in [0.5, 0.6) is 5.75 Å². The second-order valence-electron chi connectivity index (χ2n) is 3.39. The van der Waals surface area contributed by atoms with Gasteiger partial charge in [0.25, 0.3) is 0 Å². The standard InChI is InChI=1S/C12H7ClF3NO/c13-11-7-3-5-9(17-11)8-4-1-2-6-10(8)18-12(14,15)16/h1-7H. The summed E-state index contributed by atoms with van der Waals surface area (Å²) in [5, 5.41) is 0.203. The van der Waals surface area contributed by atoms with Crippen molar-refractivity contribution in [2.75, 3.05) is 0 Å². The molecular weight excluding hydrogens is 267 g/mol. The number of rotatable bonds is 2. The zero-order chi connectivity index (χ0) is 13.2. The smallest absolute Gasteiger partial charge is 0.405 e. The van der Waals surface area contributed by atoms with E-state index in [2.05, 4.69) is 9.72 Å². The van der Waals surface area contributed by atoms with Crippen LogP contribution in [-0.2, 0) is 0 Å². The number of hydrogen-bond acceptors (Lipinski definition) is 2. The number of alkyl halides is 3. The summed E-state index contributed by atoms with van der Waals surface area (Å²) in [4.78, 5) is 3.95. The third kappa shape index (κ3) is 3.13. The van der Waals surface area contributed by atoms with Crippen molar-refractivity contribution in [2.24, 2.45) is 0 Å². The normalized spacial score (nSPS) is 11.3. The molecule has 1 heterocycles. The molecule has 0 aliphatic heterocycles. The van der Waals surface area contributed by atoms with E-state index in [4.69, 9.17) is 11.6 Å². The van der Waals surface area contributed by atoms with E-state index < -0.39 is 6.36 Å². The van der Waals surface area contributed by atoms with Crippen LogP contribution in [0.1, 0.15) is 0 Å². The van der Waals surface area contributed by atoms with Gasteiger partial charge in [0, 0.05) is 5.56 Å². The predicted molar refractivity (Wildman–Crippen MR) is 61.4 cm³/mol. The molecule has 2 aromatic rings. The van der Waals surface area contributed by atoms with E-state index >= 15 is 0 Å². The molecule has 0 spiro atoms. The number of benzene rings is 1. The number of para-hydroxylation sites is 1. The maximum atomic E-state index is 12.2. The zero-order valence-corrected chi connectivity index (χ0v) is 9.66. The van der Waals surface area contributed by atoms with Gasteiger partial charge in [-0.2, -0.15) is 0 Å². The van der Waals surface area contributed by atoms with Crippen molar-refractivity contribution < 1.29 is 17.9 Å². The van der Waals surface area contributed by atoms with Gasteiger partial charge in [-0.25, -0.2) is 4.98 Å². The number of aromatic nitrogens is 1.